The first-order valence-corrected chi connectivity index (χ1v) is 5.97. The van der Waals surface area contributed by atoms with Gasteiger partial charge in [0.25, 0.3) is 0 Å². The van der Waals surface area contributed by atoms with Gasteiger partial charge in [-0.3, -0.25) is 0 Å². The first kappa shape index (κ1) is 10.4. The number of H-pyrrole nitrogens is 1. The fourth-order valence-corrected chi connectivity index (χ4v) is 2.79. The molecule has 3 nitrogen and oxygen atoms in total. The third-order valence-corrected chi connectivity index (χ3v) is 3.69. The highest BCUT2D eigenvalue weighted by Gasteiger charge is 2.26. The average Bonchev–Trinajstić information content (AvgIpc) is 2.93. The minimum absolute atomic E-state index is 0.163. The van der Waals surface area contributed by atoms with E-state index in [1.165, 1.54) is 5.56 Å². The van der Waals surface area contributed by atoms with Crippen molar-refractivity contribution in [2.45, 2.75) is 31.3 Å². The molecule has 3 rings (SSSR count). The Balaban J connectivity index is 2.08. The van der Waals surface area contributed by atoms with Crippen molar-refractivity contribution in [1.29, 1.82) is 5.26 Å². The monoisotopic (exact) mass is 226 g/mol. The summed E-state index contributed by atoms with van der Waals surface area (Å²) < 4.78 is 0. The van der Waals surface area contributed by atoms with Crippen LogP contribution < -0.4 is 0 Å². The summed E-state index contributed by atoms with van der Waals surface area (Å²) in [5.74, 6) is 0.424. The lowest BCUT2D eigenvalue weighted by Crippen LogP contribution is -1.99. The maximum absolute atomic E-state index is 9.61. The van der Waals surface area contributed by atoms with Crippen LogP contribution in [0.2, 0.25) is 0 Å². The van der Waals surface area contributed by atoms with E-state index in [1.54, 1.807) is 0 Å². The highest BCUT2D eigenvalue weighted by molar-refractivity contribution is 5.85. The van der Waals surface area contributed by atoms with Crippen molar-refractivity contribution < 1.29 is 5.11 Å². The van der Waals surface area contributed by atoms with Gasteiger partial charge in [-0.1, -0.05) is 0 Å². The Kier molecular flexibility index (Phi) is 2.38. The molecule has 3 heteroatoms. The van der Waals surface area contributed by atoms with Crippen molar-refractivity contribution in [2.75, 3.05) is 0 Å². The molecule has 2 aromatic rings. The van der Waals surface area contributed by atoms with Crippen molar-refractivity contribution in [3.8, 4) is 6.07 Å². The molecule has 2 atom stereocenters. The normalized spacial score (nSPS) is 24.0. The highest BCUT2D eigenvalue weighted by atomic mass is 16.3. The van der Waals surface area contributed by atoms with Crippen molar-refractivity contribution in [3.05, 3.63) is 35.5 Å². The fourth-order valence-electron chi connectivity index (χ4n) is 2.79. The van der Waals surface area contributed by atoms with Gasteiger partial charge in [0, 0.05) is 17.1 Å². The summed E-state index contributed by atoms with van der Waals surface area (Å²) in [6.45, 7) is 0. The maximum atomic E-state index is 9.61. The predicted molar refractivity (Wildman–Crippen MR) is 65.6 cm³/mol. The zero-order valence-corrected chi connectivity index (χ0v) is 9.48. The third-order valence-electron chi connectivity index (χ3n) is 3.69. The van der Waals surface area contributed by atoms with Crippen LogP contribution in [0.1, 0.15) is 36.3 Å². The maximum Gasteiger partial charge on any atom is 0.0991 e. The molecular formula is C14H14N2O. The minimum Gasteiger partial charge on any atom is -0.393 e. The predicted octanol–water partition coefficient (Wildman–Crippen LogP) is 2.67. The van der Waals surface area contributed by atoms with Gasteiger partial charge >= 0.3 is 0 Å². The molecule has 0 amide bonds. The molecule has 0 saturated heterocycles. The molecule has 0 bridgehead atoms. The lowest BCUT2D eigenvalue weighted by atomic mass is 9.96. The molecule has 1 fully saturated rings. The molecule has 1 heterocycles. The first-order chi connectivity index (χ1) is 8.28. The van der Waals surface area contributed by atoms with E-state index in [0.717, 1.165) is 30.2 Å². The molecule has 1 saturated carbocycles. The third kappa shape index (κ3) is 1.71. The van der Waals surface area contributed by atoms with E-state index in [0.29, 0.717) is 11.5 Å². The van der Waals surface area contributed by atoms with E-state index in [4.69, 9.17) is 5.26 Å². The van der Waals surface area contributed by atoms with E-state index >= 15 is 0 Å². The van der Waals surface area contributed by atoms with Crippen LogP contribution >= 0.6 is 0 Å². The Morgan fingerprint density at radius 3 is 2.94 bits per heavy atom. The second-order valence-corrected chi connectivity index (χ2v) is 4.78. The van der Waals surface area contributed by atoms with Gasteiger partial charge in [-0.2, -0.15) is 5.26 Å². The van der Waals surface area contributed by atoms with E-state index in [9.17, 15) is 5.11 Å². The van der Waals surface area contributed by atoms with Gasteiger partial charge in [-0.05, 0) is 48.9 Å². The van der Waals surface area contributed by atoms with Gasteiger partial charge < -0.3 is 10.1 Å². The molecule has 17 heavy (non-hydrogen) atoms. The number of aliphatic hydroxyl groups excluding tert-OH is 1. The van der Waals surface area contributed by atoms with Crippen LogP contribution in [0.15, 0.2) is 24.4 Å². The van der Waals surface area contributed by atoms with E-state index in [2.05, 4.69) is 11.1 Å². The first-order valence-electron chi connectivity index (χ1n) is 5.97. The summed E-state index contributed by atoms with van der Waals surface area (Å²) in [6.07, 6.45) is 4.61. The van der Waals surface area contributed by atoms with Crippen LogP contribution in [0.25, 0.3) is 10.9 Å². The molecule has 1 aliphatic carbocycles. The smallest absolute Gasteiger partial charge is 0.0991 e. The molecule has 0 radical (unpaired) electrons. The number of nitrogens with one attached hydrogen (secondary N) is 1. The van der Waals surface area contributed by atoms with Gasteiger partial charge in [-0.25, -0.2) is 0 Å². The van der Waals surface area contributed by atoms with Crippen molar-refractivity contribution >= 4 is 10.9 Å². The number of aromatic nitrogens is 1. The summed E-state index contributed by atoms with van der Waals surface area (Å²) in [6, 6.07) is 7.88. The molecule has 0 aliphatic heterocycles. The Morgan fingerprint density at radius 2 is 2.24 bits per heavy atom. The fraction of sp³-hybridized carbons (Fsp3) is 0.357. The minimum atomic E-state index is -0.163. The molecule has 0 unspecified atom stereocenters. The second-order valence-electron chi connectivity index (χ2n) is 4.78. The van der Waals surface area contributed by atoms with Crippen LogP contribution in [0, 0.1) is 11.3 Å². The Labute approximate surface area is 99.7 Å². The average molecular weight is 226 g/mol. The highest BCUT2D eigenvalue weighted by Crippen LogP contribution is 2.38. The largest absolute Gasteiger partial charge is 0.393 e. The standard InChI is InChI=1S/C14H14N2O/c15-7-9-1-4-14-12(5-9)13(8-16-14)10-2-3-11(17)6-10/h1,4-5,8,10-11,16-17H,2-3,6H2/t10-,11+/m0/s1. The van der Waals surface area contributed by atoms with Gasteiger partial charge in [0.2, 0.25) is 0 Å². The SMILES string of the molecule is N#Cc1ccc2[nH]cc([C@H]3CC[C@@H](O)C3)c2c1. The number of nitriles is 1. The zero-order valence-electron chi connectivity index (χ0n) is 9.48. The number of hydrogen-bond donors (Lipinski definition) is 2. The lowest BCUT2D eigenvalue weighted by Gasteiger charge is -2.07. The van der Waals surface area contributed by atoms with E-state index in [1.807, 2.05) is 24.4 Å². The molecule has 0 spiro atoms. The molecule has 1 aromatic carbocycles. The number of aliphatic hydroxyl groups is 1. The molecule has 86 valence electrons. The van der Waals surface area contributed by atoms with Crippen molar-refractivity contribution in [3.63, 3.8) is 0 Å². The van der Waals surface area contributed by atoms with Crippen LogP contribution in [0.4, 0.5) is 0 Å². The Hall–Kier alpha value is -1.79. The summed E-state index contributed by atoms with van der Waals surface area (Å²) in [4.78, 5) is 3.24. The summed E-state index contributed by atoms with van der Waals surface area (Å²) >= 11 is 0. The van der Waals surface area contributed by atoms with E-state index < -0.39 is 0 Å². The van der Waals surface area contributed by atoms with Crippen LogP contribution in [0.3, 0.4) is 0 Å². The van der Waals surface area contributed by atoms with Gasteiger partial charge in [0.1, 0.15) is 0 Å². The number of nitrogens with zero attached hydrogens (tertiary/aromatic N) is 1. The van der Waals surface area contributed by atoms with Gasteiger partial charge in [-0.15, -0.1) is 0 Å². The van der Waals surface area contributed by atoms with E-state index in [-0.39, 0.29) is 6.10 Å². The zero-order chi connectivity index (χ0) is 11.8. The number of benzene rings is 1. The van der Waals surface area contributed by atoms with Crippen molar-refractivity contribution in [1.82, 2.24) is 4.98 Å². The topological polar surface area (TPSA) is 59.8 Å². The number of rotatable bonds is 1. The summed E-state index contributed by atoms with van der Waals surface area (Å²) in [5.41, 5.74) is 3.01. The van der Waals surface area contributed by atoms with Crippen LogP contribution in [-0.2, 0) is 0 Å². The van der Waals surface area contributed by atoms with Crippen molar-refractivity contribution in [2.24, 2.45) is 0 Å². The van der Waals surface area contributed by atoms with Crippen LogP contribution in [-0.4, -0.2) is 16.2 Å². The lowest BCUT2D eigenvalue weighted by molar-refractivity contribution is 0.181. The molecule has 1 aliphatic rings. The Bertz CT molecular complexity index is 594. The Morgan fingerprint density at radius 1 is 1.35 bits per heavy atom. The number of fused-ring (bicyclic) bond motifs is 1. The van der Waals surface area contributed by atoms with Crippen LogP contribution in [0.5, 0.6) is 0 Å². The summed E-state index contributed by atoms with van der Waals surface area (Å²) in [5, 5.41) is 19.7. The number of hydrogen-bond acceptors (Lipinski definition) is 2. The molecular weight excluding hydrogens is 212 g/mol. The van der Waals surface area contributed by atoms with Gasteiger partial charge in [0.15, 0.2) is 0 Å². The quantitative estimate of drug-likeness (QED) is 0.785. The second kappa shape index (κ2) is 3.90. The van der Waals surface area contributed by atoms with Gasteiger partial charge in [0.05, 0.1) is 17.7 Å². The summed E-state index contributed by atoms with van der Waals surface area (Å²) in [7, 11) is 0. The molecule has 2 N–H and O–H groups in total. The number of aromatic amines is 1. The molecule has 1 aromatic heterocycles.